The second-order valence-electron chi connectivity index (χ2n) is 9.88. The summed E-state index contributed by atoms with van der Waals surface area (Å²) >= 11 is 1.20. The second-order valence-corrected chi connectivity index (χ2v) is 10.8. The number of halogens is 3. The van der Waals surface area contributed by atoms with Crippen molar-refractivity contribution in [3.05, 3.63) is 84.1 Å². The molecule has 1 N–H and O–H groups in total. The quantitative estimate of drug-likeness (QED) is 0.244. The lowest BCUT2D eigenvalue weighted by Crippen LogP contribution is -2.31. The lowest BCUT2D eigenvalue weighted by atomic mass is 9.99. The molecule has 0 spiro atoms. The van der Waals surface area contributed by atoms with Crippen LogP contribution in [0.15, 0.2) is 72.1 Å². The number of rotatable bonds is 8. The molecular formula is C29H26F3N7O4S. The lowest BCUT2D eigenvalue weighted by molar-refractivity contribution is -0.274. The van der Waals surface area contributed by atoms with Gasteiger partial charge < -0.3 is 14.8 Å². The highest BCUT2D eigenvalue weighted by Crippen LogP contribution is 2.34. The Morgan fingerprint density at radius 3 is 2.57 bits per heavy atom. The summed E-state index contributed by atoms with van der Waals surface area (Å²) in [6, 6.07) is 13.5. The number of thioether (sulfide) groups is 1. The van der Waals surface area contributed by atoms with E-state index in [9.17, 15) is 22.8 Å². The van der Waals surface area contributed by atoms with Gasteiger partial charge in [0.25, 0.3) is 0 Å². The predicted octanol–water partition coefficient (Wildman–Crippen LogP) is 6.24. The van der Waals surface area contributed by atoms with Crippen LogP contribution in [0.3, 0.4) is 0 Å². The van der Waals surface area contributed by atoms with Gasteiger partial charge in [0.1, 0.15) is 12.1 Å². The zero-order valence-corrected chi connectivity index (χ0v) is 24.5. The first-order valence-electron chi connectivity index (χ1n) is 13.3. The van der Waals surface area contributed by atoms with Crippen molar-refractivity contribution in [1.82, 2.24) is 19.7 Å². The number of nitrogens with zero attached hydrogens (tertiary/aromatic N) is 6. The molecule has 2 aromatic carbocycles. The molecule has 1 aliphatic heterocycles. The van der Waals surface area contributed by atoms with Crippen molar-refractivity contribution in [2.75, 3.05) is 16.0 Å². The Balaban J connectivity index is 1.18. The van der Waals surface area contributed by atoms with Gasteiger partial charge in [-0.05, 0) is 60.4 Å². The van der Waals surface area contributed by atoms with Crippen LogP contribution in [0.25, 0.3) is 5.69 Å². The van der Waals surface area contributed by atoms with E-state index in [0.29, 0.717) is 22.4 Å². The summed E-state index contributed by atoms with van der Waals surface area (Å²) in [5, 5.41) is 7.19. The van der Waals surface area contributed by atoms with E-state index in [1.807, 2.05) is 39.0 Å². The number of pyridine rings is 1. The largest absolute Gasteiger partial charge is 0.573 e. The molecule has 5 rings (SSSR count). The number of aryl methyl sites for hydroxylation is 1. The van der Waals surface area contributed by atoms with Crippen molar-refractivity contribution in [3.63, 3.8) is 0 Å². The van der Waals surface area contributed by atoms with E-state index in [4.69, 9.17) is 4.74 Å². The fourth-order valence-corrected chi connectivity index (χ4v) is 5.08. The number of alkyl halides is 3. The first-order valence-corrected chi connectivity index (χ1v) is 14.3. The fourth-order valence-electron chi connectivity index (χ4n) is 4.22. The third-order valence-corrected chi connectivity index (χ3v) is 7.15. The Bertz CT molecular complexity index is 1690. The van der Waals surface area contributed by atoms with Crippen molar-refractivity contribution in [2.24, 2.45) is 4.99 Å². The van der Waals surface area contributed by atoms with Crippen LogP contribution in [0.1, 0.15) is 36.7 Å². The van der Waals surface area contributed by atoms with Crippen molar-refractivity contribution in [3.8, 4) is 17.3 Å². The number of amides is 3. The molecule has 4 aromatic rings. The van der Waals surface area contributed by atoms with Crippen LogP contribution in [0, 0.1) is 6.92 Å². The highest BCUT2D eigenvalue weighted by atomic mass is 32.2. The van der Waals surface area contributed by atoms with Gasteiger partial charge >= 0.3 is 12.4 Å². The standard InChI is InChI=1S/C29H26F3N7O4S/c1-17(2)22-10-4-18(3)12-23(22)39-26(40)15-44-28(39)36-27(41)35-19-5-11-25(33-13-19)42-14-24-34-16-38(37-24)20-6-8-21(9-7-20)43-29(30,31)32/h4-13,16-17H,14-15H2,1-3H3,(H,35,41). The van der Waals surface area contributed by atoms with Crippen LogP contribution in [-0.4, -0.2) is 49.0 Å². The number of amidine groups is 1. The van der Waals surface area contributed by atoms with Crippen molar-refractivity contribution < 1.29 is 32.2 Å². The van der Waals surface area contributed by atoms with Crippen molar-refractivity contribution in [2.45, 2.75) is 39.7 Å². The van der Waals surface area contributed by atoms with E-state index >= 15 is 0 Å². The smallest absolute Gasteiger partial charge is 0.469 e. The van der Waals surface area contributed by atoms with Crippen LogP contribution in [0.5, 0.6) is 11.6 Å². The molecule has 1 saturated heterocycles. The number of aliphatic imine (C=N–C) groups is 1. The minimum atomic E-state index is -4.77. The Hall–Kier alpha value is -4.92. The van der Waals surface area contributed by atoms with E-state index < -0.39 is 12.4 Å². The maximum Gasteiger partial charge on any atom is 0.573 e. The molecule has 0 atom stereocenters. The molecule has 1 aliphatic rings. The third-order valence-electron chi connectivity index (χ3n) is 6.22. The zero-order valence-electron chi connectivity index (χ0n) is 23.7. The van der Waals surface area contributed by atoms with Gasteiger partial charge in [0.15, 0.2) is 17.6 Å². The first-order chi connectivity index (χ1) is 20.9. The number of hydrogen-bond donors (Lipinski definition) is 1. The fraction of sp³-hybridized carbons (Fsp3) is 0.241. The lowest BCUT2D eigenvalue weighted by Gasteiger charge is -2.22. The molecule has 15 heteroatoms. The summed E-state index contributed by atoms with van der Waals surface area (Å²) in [5.74, 6) is 0.396. The maximum absolute atomic E-state index is 12.8. The molecule has 44 heavy (non-hydrogen) atoms. The molecule has 1 fully saturated rings. The molecule has 3 amide bonds. The van der Waals surface area contributed by atoms with Crippen LogP contribution >= 0.6 is 11.8 Å². The minimum absolute atomic E-state index is 0.0347. The monoisotopic (exact) mass is 625 g/mol. The topological polar surface area (TPSA) is 124 Å². The van der Waals surface area contributed by atoms with E-state index in [2.05, 4.69) is 30.1 Å². The highest BCUT2D eigenvalue weighted by Gasteiger charge is 2.33. The van der Waals surface area contributed by atoms with Crippen LogP contribution in [0.2, 0.25) is 0 Å². The number of hydrogen-bond acceptors (Lipinski definition) is 8. The highest BCUT2D eigenvalue weighted by molar-refractivity contribution is 8.15. The van der Waals surface area contributed by atoms with Gasteiger partial charge in [-0.15, -0.1) is 18.3 Å². The Labute approximate surface area is 254 Å². The van der Waals surface area contributed by atoms with E-state index in [1.54, 1.807) is 12.1 Å². The maximum atomic E-state index is 12.8. The molecule has 0 bridgehead atoms. The van der Waals surface area contributed by atoms with Gasteiger partial charge in [0, 0.05) is 6.07 Å². The Kier molecular flexibility index (Phi) is 8.85. The van der Waals surface area contributed by atoms with E-state index in [-0.39, 0.29) is 35.8 Å². The summed E-state index contributed by atoms with van der Waals surface area (Å²) in [7, 11) is 0. The molecule has 0 saturated carbocycles. The van der Waals surface area contributed by atoms with Crippen molar-refractivity contribution in [1.29, 1.82) is 0 Å². The number of benzene rings is 2. The number of urea groups is 1. The molecule has 11 nitrogen and oxygen atoms in total. The number of anilines is 2. The molecule has 0 unspecified atom stereocenters. The molecule has 2 aromatic heterocycles. The summed E-state index contributed by atoms with van der Waals surface area (Å²) in [6.07, 6.45) is -1.98. The van der Waals surface area contributed by atoms with Gasteiger partial charge in [-0.25, -0.2) is 19.4 Å². The van der Waals surface area contributed by atoms with Gasteiger partial charge in [0.05, 0.1) is 29.0 Å². The number of aromatic nitrogens is 4. The summed E-state index contributed by atoms with van der Waals surface area (Å²) in [4.78, 5) is 39.5. The van der Waals surface area contributed by atoms with Gasteiger partial charge in [-0.2, -0.15) is 4.99 Å². The molecular weight excluding hydrogens is 599 g/mol. The van der Waals surface area contributed by atoms with Gasteiger partial charge in [0.2, 0.25) is 11.8 Å². The summed E-state index contributed by atoms with van der Waals surface area (Å²) < 4.78 is 47.9. The van der Waals surface area contributed by atoms with Crippen LogP contribution in [0.4, 0.5) is 29.3 Å². The number of nitrogens with one attached hydrogen (secondary N) is 1. The summed E-state index contributed by atoms with van der Waals surface area (Å²) in [6.45, 7) is 5.99. The Morgan fingerprint density at radius 2 is 1.89 bits per heavy atom. The van der Waals surface area contributed by atoms with E-state index in [0.717, 1.165) is 16.8 Å². The Morgan fingerprint density at radius 1 is 1.11 bits per heavy atom. The van der Waals surface area contributed by atoms with E-state index in [1.165, 1.54) is 58.1 Å². The third kappa shape index (κ3) is 7.53. The number of ether oxygens (including phenoxy) is 2. The zero-order chi connectivity index (χ0) is 31.4. The minimum Gasteiger partial charge on any atom is -0.469 e. The van der Waals surface area contributed by atoms with Crippen molar-refractivity contribution >= 4 is 40.2 Å². The molecule has 0 aliphatic carbocycles. The second kappa shape index (κ2) is 12.8. The summed E-state index contributed by atoms with van der Waals surface area (Å²) in [5.41, 5.74) is 3.53. The first kappa shape index (κ1) is 30.5. The molecule has 0 radical (unpaired) electrons. The van der Waals surface area contributed by atoms with Gasteiger partial charge in [-0.1, -0.05) is 37.7 Å². The van der Waals surface area contributed by atoms with Gasteiger partial charge in [-0.3, -0.25) is 9.69 Å². The normalized spacial score (nSPS) is 14.4. The predicted molar refractivity (Wildman–Crippen MR) is 158 cm³/mol. The van der Waals surface area contributed by atoms with Crippen LogP contribution < -0.4 is 19.7 Å². The molecule has 3 heterocycles. The average molecular weight is 626 g/mol. The molecule has 228 valence electrons. The van der Waals surface area contributed by atoms with Crippen LogP contribution in [-0.2, 0) is 11.4 Å². The SMILES string of the molecule is Cc1ccc(C(C)C)c(N2C(=O)CSC2=NC(=O)Nc2ccc(OCc3ncn(-c4ccc(OC(F)(F)F)cc4)n3)nc2)c1. The average Bonchev–Trinajstić information content (AvgIpc) is 3.58. The number of carbonyl (C=O) groups excluding carboxylic acids is 2. The number of carbonyl (C=O) groups is 2.